The molecule has 0 bridgehead atoms. The van der Waals surface area contributed by atoms with Crippen LogP contribution in [0.15, 0.2) is 18.2 Å². The first-order valence-electron chi connectivity index (χ1n) is 7.51. The molecule has 0 aromatic heterocycles. The first-order chi connectivity index (χ1) is 9.65. The molecule has 1 aromatic carbocycles. The van der Waals surface area contributed by atoms with Crippen LogP contribution in [0.1, 0.15) is 39.0 Å². The Morgan fingerprint density at radius 3 is 2.80 bits per heavy atom. The second-order valence-corrected chi connectivity index (χ2v) is 6.37. The van der Waals surface area contributed by atoms with Gasteiger partial charge in [-0.3, -0.25) is 0 Å². The van der Waals surface area contributed by atoms with Crippen molar-refractivity contribution in [3.05, 3.63) is 29.0 Å². The van der Waals surface area contributed by atoms with Crippen LogP contribution in [0.3, 0.4) is 0 Å². The number of hydrogen-bond acceptors (Lipinski definition) is 2. The highest BCUT2D eigenvalue weighted by atomic mass is 35.5. The van der Waals surface area contributed by atoms with Crippen LogP contribution in [-0.4, -0.2) is 18.7 Å². The van der Waals surface area contributed by atoms with E-state index in [9.17, 15) is 4.39 Å². The number of rotatable bonds is 4. The zero-order chi connectivity index (χ0) is 14.2. The summed E-state index contributed by atoms with van der Waals surface area (Å²) in [5, 5.41) is 3.95. The first-order valence-corrected chi connectivity index (χ1v) is 7.88. The van der Waals surface area contributed by atoms with Gasteiger partial charge in [-0.15, -0.1) is 0 Å². The molecule has 3 rings (SSSR count). The number of ether oxygens (including phenoxy) is 1. The molecule has 0 saturated heterocycles. The summed E-state index contributed by atoms with van der Waals surface area (Å²) in [7, 11) is 0. The van der Waals surface area contributed by atoms with Gasteiger partial charge in [0.2, 0.25) is 0 Å². The van der Waals surface area contributed by atoms with Gasteiger partial charge >= 0.3 is 0 Å². The summed E-state index contributed by atoms with van der Waals surface area (Å²) in [6, 6.07) is 4.92. The average molecular weight is 298 g/mol. The van der Waals surface area contributed by atoms with E-state index in [1.165, 1.54) is 37.8 Å². The lowest BCUT2D eigenvalue weighted by Gasteiger charge is -2.54. The molecule has 2 aliphatic carbocycles. The summed E-state index contributed by atoms with van der Waals surface area (Å²) < 4.78 is 19.2. The fraction of sp³-hybridized carbons (Fsp3) is 0.625. The normalized spacial score (nSPS) is 27.6. The van der Waals surface area contributed by atoms with Gasteiger partial charge in [-0.2, -0.15) is 0 Å². The van der Waals surface area contributed by atoms with Crippen molar-refractivity contribution >= 4 is 11.6 Å². The molecule has 2 aliphatic rings. The standard InChI is InChI=1S/C16H21ClFNO/c1-2-19-14-10-15(16(14)7-3-4-8-16)20-13-6-5-11(18)9-12(13)17/h5-6,9,14-15,19H,2-4,7-8,10H2,1H3. The quantitative estimate of drug-likeness (QED) is 0.900. The van der Waals surface area contributed by atoms with Crippen LogP contribution in [-0.2, 0) is 0 Å². The largest absolute Gasteiger partial charge is 0.488 e. The average Bonchev–Trinajstić information content (AvgIpc) is 2.92. The molecular weight excluding hydrogens is 277 g/mol. The van der Waals surface area contributed by atoms with Gasteiger partial charge in [-0.05, 0) is 37.6 Å². The monoisotopic (exact) mass is 297 g/mol. The molecule has 2 saturated carbocycles. The molecule has 0 amide bonds. The summed E-state index contributed by atoms with van der Waals surface area (Å²) >= 11 is 6.07. The SMILES string of the molecule is CCNC1CC(Oc2ccc(F)cc2Cl)C12CCCC2. The number of halogens is 2. The van der Waals surface area contributed by atoms with Crippen molar-refractivity contribution in [3.63, 3.8) is 0 Å². The van der Waals surface area contributed by atoms with E-state index in [2.05, 4.69) is 12.2 Å². The highest BCUT2D eigenvalue weighted by Crippen LogP contribution is 2.55. The van der Waals surface area contributed by atoms with Crippen molar-refractivity contribution in [2.24, 2.45) is 5.41 Å². The zero-order valence-corrected chi connectivity index (χ0v) is 12.5. The Labute approximate surface area is 124 Å². The Morgan fingerprint density at radius 2 is 2.15 bits per heavy atom. The first kappa shape index (κ1) is 14.2. The lowest BCUT2D eigenvalue weighted by Crippen LogP contribution is -2.63. The Morgan fingerprint density at radius 1 is 1.40 bits per heavy atom. The maximum atomic E-state index is 13.1. The Hall–Kier alpha value is -0.800. The molecule has 2 fully saturated rings. The molecule has 0 radical (unpaired) electrons. The molecule has 0 aliphatic heterocycles. The fourth-order valence-corrected chi connectivity index (χ4v) is 4.09. The predicted octanol–water partition coefficient (Wildman–Crippen LogP) is 4.17. The lowest BCUT2D eigenvalue weighted by atomic mass is 9.60. The van der Waals surface area contributed by atoms with Gasteiger partial charge in [0.1, 0.15) is 17.7 Å². The van der Waals surface area contributed by atoms with Crippen LogP contribution >= 0.6 is 11.6 Å². The minimum Gasteiger partial charge on any atom is -0.488 e. The van der Waals surface area contributed by atoms with Crippen LogP contribution in [0.25, 0.3) is 0 Å². The zero-order valence-electron chi connectivity index (χ0n) is 11.8. The maximum absolute atomic E-state index is 13.1. The number of benzene rings is 1. The van der Waals surface area contributed by atoms with Crippen molar-refractivity contribution in [2.75, 3.05) is 6.54 Å². The van der Waals surface area contributed by atoms with Crippen molar-refractivity contribution in [2.45, 2.75) is 51.2 Å². The third-order valence-corrected chi connectivity index (χ3v) is 5.23. The van der Waals surface area contributed by atoms with Crippen LogP contribution in [0, 0.1) is 11.2 Å². The van der Waals surface area contributed by atoms with E-state index in [1.807, 2.05) is 0 Å². The van der Waals surface area contributed by atoms with E-state index in [-0.39, 0.29) is 17.3 Å². The molecule has 20 heavy (non-hydrogen) atoms. The van der Waals surface area contributed by atoms with Crippen molar-refractivity contribution in [3.8, 4) is 5.75 Å². The Bertz CT molecular complexity index is 487. The lowest BCUT2D eigenvalue weighted by molar-refractivity contribution is -0.0755. The molecule has 110 valence electrons. The molecule has 4 heteroatoms. The minimum absolute atomic E-state index is 0.206. The third kappa shape index (κ3) is 2.31. The number of hydrogen-bond donors (Lipinski definition) is 1. The van der Waals surface area contributed by atoms with Gasteiger partial charge in [0, 0.05) is 17.9 Å². The smallest absolute Gasteiger partial charge is 0.138 e. The van der Waals surface area contributed by atoms with Gasteiger partial charge in [-0.25, -0.2) is 4.39 Å². The fourth-order valence-electron chi connectivity index (χ4n) is 3.87. The van der Waals surface area contributed by atoms with Crippen LogP contribution < -0.4 is 10.1 Å². The summed E-state index contributed by atoms with van der Waals surface area (Å²) in [6.45, 7) is 3.14. The molecule has 1 N–H and O–H groups in total. The second-order valence-electron chi connectivity index (χ2n) is 5.97. The van der Waals surface area contributed by atoms with Gasteiger partial charge < -0.3 is 10.1 Å². The summed E-state index contributed by atoms with van der Waals surface area (Å²) in [6.07, 6.45) is 6.21. The Balaban J connectivity index is 1.74. The van der Waals surface area contributed by atoms with E-state index in [0.717, 1.165) is 13.0 Å². The van der Waals surface area contributed by atoms with Crippen molar-refractivity contribution in [1.29, 1.82) is 0 Å². The molecule has 1 spiro atoms. The molecular formula is C16H21ClFNO. The molecule has 0 heterocycles. The molecule has 2 atom stereocenters. The topological polar surface area (TPSA) is 21.3 Å². The number of nitrogens with one attached hydrogen (secondary N) is 1. The molecule has 2 nitrogen and oxygen atoms in total. The van der Waals surface area contributed by atoms with E-state index in [4.69, 9.17) is 16.3 Å². The van der Waals surface area contributed by atoms with Crippen molar-refractivity contribution < 1.29 is 9.13 Å². The van der Waals surface area contributed by atoms with Crippen LogP contribution in [0.5, 0.6) is 5.75 Å². The van der Waals surface area contributed by atoms with Gasteiger partial charge in [0.15, 0.2) is 0 Å². The highest BCUT2D eigenvalue weighted by molar-refractivity contribution is 6.32. The van der Waals surface area contributed by atoms with E-state index in [1.54, 1.807) is 6.07 Å². The predicted molar refractivity (Wildman–Crippen MR) is 78.8 cm³/mol. The minimum atomic E-state index is -0.322. The van der Waals surface area contributed by atoms with E-state index >= 15 is 0 Å². The highest BCUT2D eigenvalue weighted by Gasteiger charge is 2.57. The van der Waals surface area contributed by atoms with E-state index in [0.29, 0.717) is 16.8 Å². The van der Waals surface area contributed by atoms with Gasteiger partial charge in [-0.1, -0.05) is 31.4 Å². The van der Waals surface area contributed by atoms with Gasteiger partial charge in [0.25, 0.3) is 0 Å². The third-order valence-electron chi connectivity index (χ3n) is 4.93. The summed E-state index contributed by atoms with van der Waals surface area (Å²) in [5.41, 5.74) is 0.258. The van der Waals surface area contributed by atoms with Crippen molar-refractivity contribution in [1.82, 2.24) is 5.32 Å². The van der Waals surface area contributed by atoms with Crippen LogP contribution in [0.2, 0.25) is 5.02 Å². The Kier molecular flexibility index (Phi) is 3.91. The summed E-state index contributed by atoms with van der Waals surface area (Å²) in [5.74, 6) is 0.288. The van der Waals surface area contributed by atoms with Crippen LogP contribution in [0.4, 0.5) is 4.39 Å². The molecule has 2 unspecified atom stereocenters. The molecule has 1 aromatic rings. The second kappa shape index (κ2) is 5.53. The maximum Gasteiger partial charge on any atom is 0.138 e. The summed E-state index contributed by atoms with van der Waals surface area (Å²) in [4.78, 5) is 0. The van der Waals surface area contributed by atoms with E-state index < -0.39 is 0 Å². The van der Waals surface area contributed by atoms with Gasteiger partial charge in [0.05, 0.1) is 5.02 Å².